The highest BCUT2D eigenvalue weighted by molar-refractivity contribution is 7.90. The number of nitrogens with one attached hydrogen (secondary N) is 1. The minimum absolute atomic E-state index is 0.0898. The van der Waals surface area contributed by atoms with E-state index in [1.165, 1.54) is 25.3 Å². The second-order valence-corrected chi connectivity index (χ2v) is 6.98. The Balaban J connectivity index is 1.82. The van der Waals surface area contributed by atoms with Crippen molar-refractivity contribution in [3.05, 3.63) is 54.1 Å². The summed E-state index contributed by atoms with van der Waals surface area (Å²) in [4.78, 5) is 12.3. The minimum atomic E-state index is -4.07. The van der Waals surface area contributed by atoms with E-state index >= 15 is 0 Å². The lowest BCUT2D eigenvalue weighted by molar-refractivity contribution is -0.129. The largest absolute Gasteiger partial charge is 0.486 e. The zero-order valence-corrected chi connectivity index (χ0v) is 14.3. The lowest BCUT2D eigenvalue weighted by Crippen LogP contribution is -2.35. The van der Waals surface area contributed by atoms with Crippen molar-refractivity contribution in [2.45, 2.75) is 11.0 Å². The van der Waals surface area contributed by atoms with Crippen molar-refractivity contribution in [1.82, 2.24) is 4.72 Å². The molecule has 0 saturated heterocycles. The third-order valence-electron chi connectivity index (χ3n) is 3.64. The first-order valence-electron chi connectivity index (χ1n) is 7.55. The van der Waals surface area contributed by atoms with Crippen molar-refractivity contribution in [2.24, 2.45) is 0 Å². The number of amides is 1. The topological polar surface area (TPSA) is 90.9 Å². The number of carbonyl (C=O) groups is 1. The van der Waals surface area contributed by atoms with E-state index < -0.39 is 22.0 Å². The molecule has 0 spiro atoms. The van der Waals surface area contributed by atoms with Crippen LogP contribution in [0.25, 0.3) is 0 Å². The predicted octanol–water partition coefficient (Wildman–Crippen LogP) is 1.65. The van der Waals surface area contributed by atoms with E-state index in [2.05, 4.69) is 0 Å². The maximum Gasteiger partial charge on any atom is 0.267 e. The second kappa shape index (κ2) is 7.12. The summed E-state index contributed by atoms with van der Waals surface area (Å²) in [5, 5.41) is 0. The van der Waals surface area contributed by atoms with Gasteiger partial charge in [0.05, 0.1) is 4.90 Å². The van der Waals surface area contributed by atoms with E-state index in [-0.39, 0.29) is 4.90 Å². The summed E-state index contributed by atoms with van der Waals surface area (Å²) >= 11 is 0. The van der Waals surface area contributed by atoms with Crippen molar-refractivity contribution >= 4 is 15.9 Å². The first kappa shape index (κ1) is 17.2. The third kappa shape index (κ3) is 3.75. The van der Waals surface area contributed by atoms with Gasteiger partial charge in [-0.3, -0.25) is 4.79 Å². The summed E-state index contributed by atoms with van der Waals surface area (Å²) in [6.07, 6.45) is -1.03. The molecule has 0 saturated carbocycles. The fourth-order valence-electron chi connectivity index (χ4n) is 2.46. The van der Waals surface area contributed by atoms with Crippen LogP contribution in [-0.2, 0) is 19.6 Å². The van der Waals surface area contributed by atoms with Gasteiger partial charge in [0.25, 0.3) is 15.9 Å². The van der Waals surface area contributed by atoms with Crippen LogP contribution >= 0.6 is 0 Å². The van der Waals surface area contributed by atoms with Crippen LogP contribution < -0.4 is 14.2 Å². The SMILES string of the molecule is CO[C@H](C(=O)NS(=O)(=O)c1ccc2c(c1)OCCO2)c1ccccc1. The first-order valence-corrected chi connectivity index (χ1v) is 9.03. The Bertz CT molecular complexity index is 866. The summed E-state index contributed by atoms with van der Waals surface area (Å²) in [5.74, 6) is 0.0205. The van der Waals surface area contributed by atoms with Crippen molar-refractivity contribution in [2.75, 3.05) is 20.3 Å². The van der Waals surface area contributed by atoms with Crippen molar-refractivity contribution in [3.63, 3.8) is 0 Å². The lowest BCUT2D eigenvalue weighted by atomic mass is 10.1. The molecular weight excluding hydrogens is 346 g/mol. The van der Waals surface area contributed by atoms with Crippen LogP contribution in [0, 0.1) is 0 Å². The van der Waals surface area contributed by atoms with E-state index in [4.69, 9.17) is 14.2 Å². The molecule has 132 valence electrons. The Morgan fingerprint density at radius 3 is 2.44 bits per heavy atom. The van der Waals surface area contributed by atoms with Gasteiger partial charge in [-0.25, -0.2) is 13.1 Å². The molecule has 3 rings (SSSR count). The van der Waals surface area contributed by atoms with E-state index in [9.17, 15) is 13.2 Å². The molecule has 25 heavy (non-hydrogen) atoms. The van der Waals surface area contributed by atoms with Gasteiger partial charge in [0.1, 0.15) is 13.2 Å². The van der Waals surface area contributed by atoms with Crippen molar-refractivity contribution < 1.29 is 27.4 Å². The van der Waals surface area contributed by atoms with E-state index in [0.717, 1.165) is 0 Å². The number of methoxy groups -OCH3 is 1. The van der Waals surface area contributed by atoms with E-state index in [1.807, 2.05) is 4.72 Å². The van der Waals surface area contributed by atoms with Gasteiger partial charge in [-0.2, -0.15) is 0 Å². The highest BCUT2D eigenvalue weighted by atomic mass is 32.2. The molecule has 0 radical (unpaired) electrons. The zero-order chi connectivity index (χ0) is 17.9. The highest BCUT2D eigenvalue weighted by Crippen LogP contribution is 2.32. The van der Waals surface area contributed by atoms with Crippen molar-refractivity contribution in [1.29, 1.82) is 0 Å². The summed E-state index contributed by atoms with van der Waals surface area (Å²) in [6.45, 7) is 0.741. The average molecular weight is 363 g/mol. The number of ether oxygens (including phenoxy) is 3. The summed E-state index contributed by atoms with van der Waals surface area (Å²) in [7, 11) is -2.73. The van der Waals surface area contributed by atoms with Crippen LogP contribution in [0.1, 0.15) is 11.7 Å². The highest BCUT2D eigenvalue weighted by Gasteiger charge is 2.27. The summed E-state index contributed by atoms with van der Waals surface area (Å²) in [6, 6.07) is 12.8. The Morgan fingerprint density at radius 2 is 1.76 bits per heavy atom. The normalized spacial score (nSPS) is 14.6. The molecule has 1 amide bonds. The fourth-order valence-corrected chi connectivity index (χ4v) is 3.46. The standard InChI is InChI=1S/C17H17NO6S/c1-22-16(12-5-3-2-4-6-12)17(19)18-25(20,21)13-7-8-14-15(11-13)24-10-9-23-14/h2-8,11,16H,9-10H2,1H3,(H,18,19)/t16-/m0/s1. The number of hydrogen-bond acceptors (Lipinski definition) is 6. The number of carbonyl (C=O) groups excluding carboxylic acids is 1. The fraction of sp³-hybridized carbons (Fsp3) is 0.235. The number of hydrogen-bond donors (Lipinski definition) is 1. The smallest absolute Gasteiger partial charge is 0.267 e. The van der Waals surface area contributed by atoms with Crippen LogP contribution in [0.4, 0.5) is 0 Å². The minimum Gasteiger partial charge on any atom is -0.486 e. The summed E-state index contributed by atoms with van der Waals surface area (Å²) < 4.78 is 42.9. The second-order valence-electron chi connectivity index (χ2n) is 5.30. The van der Waals surface area contributed by atoms with Crippen LogP contribution in [0.3, 0.4) is 0 Å². The molecule has 8 heteroatoms. The van der Waals surface area contributed by atoms with E-state index in [0.29, 0.717) is 30.3 Å². The molecule has 0 aliphatic carbocycles. The van der Waals surface area contributed by atoms with Crippen LogP contribution in [0.15, 0.2) is 53.4 Å². The Labute approximate surface area is 145 Å². The zero-order valence-electron chi connectivity index (χ0n) is 13.5. The molecule has 1 heterocycles. The number of benzene rings is 2. The molecule has 2 aromatic rings. The first-order chi connectivity index (χ1) is 12.0. The molecule has 1 aliphatic heterocycles. The van der Waals surface area contributed by atoms with Gasteiger partial charge in [-0.15, -0.1) is 0 Å². The molecule has 0 bridgehead atoms. The van der Waals surface area contributed by atoms with Crippen molar-refractivity contribution in [3.8, 4) is 11.5 Å². The van der Waals surface area contributed by atoms with Crippen LogP contribution in [0.2, 0.25) is 0 Å². The Hall–Kier alpha value is -2.58. The van der Waals surface area contributed by atoms with Gasteiger partial charge in [0.15, 0.2) is 17.6 Å². The molecule has 0 unspecified atom stereocenters. The summed E-state index contributed by atoms with van der Waals surface area (Å²) in [5.41, 5.74) is 0.555. The maximum atomic E-state index is 12.5. The van der Waals surface area contributed by atoms with Crippen LogP contribution in [0.5, 0.6) is 11.5 Å². The van der Waals surface area contributed by atoms with Gasteiger partial charge in [-0.05, 0) is 17.7 Å². The molecule has 0 fully saturated rings. The molecule has 7 nitrogen and oxygen atoms in total. The molecular formula is C17H17NO6S. The quantitative estimate of drug-likeness (QED) is 0.869. The maximum absolute atomic E-state index is 12.5. The van der Waals surface area contributed by atoms with Gasteiger partial charge in [0, 0.05) is 13.2 Å². The number of fused-ring (bicyclic) bond motifs is 1. The molecule has 1 atom stereocenters. The molecule has 1 aliphatic rings. The van der Waals surface area contributed by atoms with Gasteiger partial charge >= 0.3 is 0 Å². The predicted molar refractivity (Wildman–Crippen MR) is 89.0 cm³/mol. The third-order valence-corrected chi connectivity index (χ3v) is 4.98. The average Bonchev–Trinajstić information content (AvgIpc) is 2.62. The molecule has 0 aromatic heterocycles. The van der Waals surface area contributed by atoms with Crippen LogP contribution in [-0.4, -0.2) is 34.6 Å². The van der Waals surface area contributed by atoms with Gasteiger partial charge in [-0.1, -0.05) is 30.3 Å². The lowest BCUT2D eigenvalue weighted by Gasteiger charge is -2.19. The monoisotopic (exact) mass is 363 g/mol. The number of rotatable bonds is 5. The Kier molecular flexibility index (Phi) is 4.91. The van der Waals surface area contributed by atoms with Gasteiger partial charge in [0.2, 0.25) is 0 Å². The number of sulfonamides is 1. The van der Waals surface area contributed by atoms with Gasteiger partial charge < -0.3 is 14.2 Å². The molecule has 2 aromatic carbocycles. The molecule has 1 N–H and O–H groups in total. The Morgan fingerprint density at radius 1 is 1.08 bits per heavy atom. The van der Waals surface area contributed by atoms with E-state index in [1.54, 1.807) is 30.3 Å².